The van der Waals surface area contributed by atoms with E-state index in [1.165, 1.54) is 0 Å². The van der Waals surface area contributed by atoms with Crippen LogP contribution in [0, 0.1) is 11.8 Å². The summed E-state index contributed by atoms with van der Waals surface area (Å²) in [6.45, 7) is 3.92. The number of hydrogen-bond donors (Lipinski definition) is 1. The summed E-state index contributed by atoms with van der Waals surface area (Å²) in [7, 11) is 0. The van der Waals surface area contributed by atoms with E-state index in [9.17, 15) is 4.79 Å². The smallest absolute Gasteiger partial charge is 0.257 e. The summed E-state index contributed by atoms with van der Waals surface area (Å²) in [4.78, 5) is 14.8. The molecule has 2 fully saturated rings. The first kappa shape index (κ1) is 15.8. The number of likely N-dealkylation sites (tertiary alicyclic amines) is 1. The van der Waals surface area contributed by atoms with Gasteiger partial charge in [-0.05, 0) is 62.0 Å². The molecule has 2 aromatic rings. The molecule has 5 nitrogen and oxygen atoms in total. The lowest BCUT2D eigenvalue weighted by Gasteiger charge is -2.20. The Labute approximate surface area is 150 Å². The van der Waals surface area contributed by atoms with Crippen LogP contribution in [0.2, 0.25) is 0 Å². The first-order chi connectivity index (χ1) is 11.7. The van der Waals surface area contributed by atoms with Crippen LogP contribution < -0.4 is 5.32 Å². The minimum absolute atomic E-state index is 0.103. The summed E-state index contributed by atoms with van der Waals surface area (Å²) in [5.41, 5.74) is 1.62. The van der Waals surface area contributed by atoms with Gasteiger partial charge in [-0.25, -0.2) is 4.68 Å². The molecule has 4 rings (SSSR count). The zero-order valence-electron chi connectivity index (χ0n) is 13.5. The fourth-order valence-electron chi connectivity index (χ4n) is 3.77. The van der Waals surface area contributed by atoms with Crippen molar-refractivity contribution >= 4 is 21.8 Å². The van der Waals surface area contributed by atoms with Crippen LogP contribution in [0.4, 0.5) is 0 Å². The van der Waals surface area contributed by atoms with E-state index in [2.05, 4.69) is 26.3 Å². The van der Waals surface area contributed by atoms with Crippen LogP contribution in [-0.2, 0) is 0 Å². The number of carbonyl (C=O) groups excluding carboxylic acids is 1. The Balaban J connectivity index is 1.47. The molecule has 0 bridgehead atoms. The van der Waals surface area contributed by atoms with Gasteiger partial charge in [0.25, 0.3) is 5.91 Å². The molecule has 0 aliphatic carbocycles. The number of nitrogens with one attached hydrogen (secondary N) is 1. The molecule has 2 atom stereocenters. The van der Waals surface area contributed by atoms with E-state index >= 15 is 0 Å². The standard InChI is InChI=1S/C18H21BrN4O/c19-16-1-3-17(4-2-16)23-12-15(11-21-23)18(24)22-7-5-13-9-20-10-14(13)6-8-22/h1-4,11-14,20H,5-10H2/t13-,14+. The molecule has 1 aromatic carbocycles. The van der Waals surface area contributed by atoms with Gasteiger partial charge in [-0.3, -0.25) is 4.79 Å². The van der Waals surface area contributed by atoms with Crippen molar-refractivity contribution < 1.29 is 4.79 Å². The number of rotatable bonds is 2. The number of fused-ring (bicyclic) bond motifs is 1. The molecule has 2 aliphatic heterocycles. The average molecular weight is 389 g/mol. The predicted molar refractivity (Wildman–Crippen MR) is 96.3 cm³/mol. The second kappa shape index (κ2) is 6.69. The molecule has 1 amide bonds. The highest BCUT2D eigenvalue weighted by Crippen LogP contribution is 2.27. The number of halogens is 1. The zero-order chi connectivity index (χ0) is 16.5. The van der Waals surface area contributed by atoms with Gasteiger partial charge in [-0.1, -0.05) is 15.9 Å². The SMILES string of the molecule is O=C(c1cnn(-c2ccc(Br)cc2)c1)N1CC[C@@H]2CNC[C@@H]2CC1. The molecular formula is C18H21BrN4O. The van der Waals surface area contributed by atoms with Gasteiger partial charge in [0.05, 0.1) is 17.4 Å². The Morgan fingerprint density at radius 3 is 2.46 bits per heavy atom. The molecule has 2 saturated heterocycles. The summed E-state index contributed by atoms with van der Waals surface area (Å²) in [5.74, 6) is 1.56. The maximum absolute atomic E-state index is 12.8. The highest BCUT2D eigenvalue weighted by Gasteiger charge is 2.31. The van der Waals surface area contributed by atoms with Crippen molar-refractivity contribution in [3.63, 3.8) is 0 Å². The summed E-state index contributed by atoms with van der Waals surface area (Å²) in [5, 5.41) is 7.83. The molecule has 0 unspecified atom stereocenters. The van der Waals surface area contributed by atoms with Crippen LogP contribution in [0.3, 0.4) is 0 Å². The van der Waals surface area contributed by atoms with Crippen LogP contribution in [0.5, 0.6) is 0 Å². The van der Waals surface area contributed by atoms with Crippen LogP contribution in [0.25, 0.3) is 5.69 Å². The van der Waals surface area contributed by atoms with Gasteiger partial charge in [-0.15, -0.1) is 0 Å². The van der Waals surface area contributed by atoms with E-state index in [1.54, 1.807) is 10.9 Å². The number of aromatic nitrogens is 2. The molecule has 24 heavy (non-hydrogen) atoms. The number of hydrogen-bond acceptors (Lipinski definition) is 3. The van der Waals surface area contributed by atoms with Gasteiger partial charge in [0.2, 0.25) is 0 Å². The lowest BCUT2D eigenvalue weighted by molar-refractivity contribution is 0.0758. The van der Waals surface area contributed by atoms with Crippen molar-refractivity contribution in [3.05, 3.63) is 46.7 Å². The molecule has 126 valence electrons. The third-order valence-electron chi connectivity index (χ3n) is 5.23. The maximum atomic E-state index is 12.8. The van der Waals surface area contributed by atoms with E-state index in [-0.39, 0.29) is 5.91 Å². The molecule has 0 radical (unpaired) electrons. The second-order valence-electron chi connectivity index (χ2n) is 6.70. The third kappa shape index (κ3) is 3.13. The van der Waals surface area contributed by atoms with Crippen molar-refractivity contribution in [2.45, 2.75) is 12.8 Å². The van der Waals surface area contributed by atoms with E-state index in [1.807, 2.05) is 35.4 Å². The topological polar surface area (TPSA) is 50.2 Å². The molecule has 6 heteroatoms. The lowest BCUT2D eigenvalue weighted by atomic mass is 9.92. The minimum Gasteiger partial charge on any atom is -0.339 e. The Morgan fingerprint density at radius 1 is 1.12 bits per heavy atom. The van der Waals surface area contributed by atoms with Crippen molar-refractivity contribution in [2.24, 2.45) is 11.8 Å². The molecule has 3 heterocycles. The Hall–Kier alpha value is -1.66. The number of benzene rings is 1. The number of amides is 1. The van der Waals surface area contributed by atoms with E-state index in [0.29, 0.717) is 5.56 Å². The quantitative estimate of drug-likeness (QED) is 0.860. The van der Waals surface area contributed by atoms with Crippen molar-refractivity contribution in [3.8, 4) is 5.69 Å². The summed E-state index contributed by atoms with van der Waals surface area (Å²) >= 11 is 3.43. The van der Waals surface area contributed by atoms with Crippen LogP contribution in [0.1, 0.15) is 23.2 Å². The fraction of sp³-hybridized carbons (Fsp3) is 0.444. The maximum Gasteiger partial charge on any atom is 0.257 e. The van der Waals surface area contributed by atoms with E-state index in [4.69, 9.17) is 0 Å². The Bertz CT molecular complexity index is 713. The molecule has 1 N–H and O–H groups in total. The van der Waals surface area contributed by atoms with Gasteiger partial charge in [0, 0.05) is 23.8 Å². The fourth-order valence-corrected chi connectivity index (χ4v) is 4.04. The summed E-state index contributed by atoms with van der Waals surface area (Å²) < 4.78 is 2.79. The molecule has 2 aliphatic rings. The lowest BCUT2D eigenvalue weighted by Crippen LogP contribution is -2.32. The first-order valence-electron chi connectivity index (χ1n) is 8.51. The first-order valence-corrected chi connectivity index (χ1v) is 9.30. The van der Waals surface area contributed by atoms with Crippen LogP contribution in [-0.4, -0.2) is 46.8 Å². The Morgan fingerprint density at radius 2 is 1.79 bits per heavy atom. The number of nitrogens with zero attached hydrogens (tertiary/aromatic N) is 3. The molecule has 0 spiro atoms. The molecule has 0 saturated carbocycles. The van der Waals surface area contributed by atoms with Gasteiger partial charge < -0.3 is 10.2 Å². The van der Waals surface area contributed by atoms with Crippen molar-refractivity contribution in [1.82, 2.24) is 20.0 Å². The second-order valence-corrected chi connectivity index (χ2v) is 7.61. The monoisotopic (exact) mass is 388 g/mol. The number of carbonyl (C=O) groups is 1. The van der Waals surface area contributed by atoms with Crippen LogP contribution in [0.15, 0.2) is 41.1 Å². The molecule has 1 aromatic heterocycles. The normalized spacial score (nSPS) is 23.8. The molecular weight excluding hydrogens is 368 g/mol. The van der Waals surface area contributed by atoms with Crippen molar-refractivity contribution in [2.75, 3.05) is 26.2 Å². The third-order valence-corrected chi connectivity index (χ3v) is 5.76. The van der Waals surface area contributed by atoms with Gasteiger partial charge in [0.15, 0.2) is 0 Å². The van der Waals surface area contributed by atoms with E-state index < -0.39 is 0 Å². The van der Waals surface area contributed by atoms with Gasteiger partial charge in [-0.2, -0.15) is 5.10 Å². The largest absolute Gasteiger partial charge is 0.339 e. The minimum atomic E-state index is 0.103. The van der Waals surface area contributed by atoms with Crippen molar-refractivity contribution in [1.29, 1.82) is 0 Å². The van der Waals surface area contributed by atoms with Gasteiger partial charge in [0.1, 0.15) is 0 Å². The highest BCUT2D eigenvalue weighted by molar-refractivity contribution is 9.10. The Kier molecular flexibility index (Phi) is 4.41. The van der Waals surface area contributed by atoms with Crippen LogP contribution >= 0.6 is 15.9 Å². The average Bonchev–Trinajstić information content (AvgIpc) is 3.21. The summed E-state index contributed by atoms with van der Waals surface area (Å²) in [6, 6.07) is 7.90. The van der Waals surface area contributed by atoms with E-state index in [0.717, 1.165) is 61.0 Å². The van der Waals surface area contributed by atoms with Gasteiger partial charge >= 0.3 is 0 Å². The predicted octanol–water partition coefficient (Wildman–Crippen LogP) is 2.71. The highest BCUT2D eigenvalue weighted by atomic mass is 79.9. The zero-order valence-corrected chi connectivity index (χ0v) is 15.1. The summed E-state index contributed by atoms with van der Waals surface area (Å²) in [6.07, 6.45) is 5.71.